The Hall–Kier alpha value is -1.03. The van der Waals surface area contributed by atoms with Crippen LogP contribution in [0.15, 0.2) is 23.4 Å². The zero-order chi connectivity index (χ0) is 12.5. The number of hydrogen-bond acceptors (Lipinski definition) is 3. The molecule has 92 valence electrons. The summed E-state index contributed by atoms with van der Waals surface area (Å²) < 4.78 is 0. The number of rotatable bonds is 5. The number of aromatic nitrogens is 1. The molecule has 0 unspecified atom stereocenters. The maximum Gasteiger partial charge on any atom is 0.309 e. The van der Waals surface area contributed by atoms with Crippen LogP contribution in [0, 0.1) is 5.41 Å². The molecule has 0 radical (unpaired) electrons. The predicted molar refractivity (Wildman–Crippen MR) is 68.4 cm³/mol. The van der Waals surface area contributed by atoms with Crippen LogP contribution in [0.25, 0.3) is 0 Å². The Morgan fingerprint density at radius 1 is 1.53 bits per heavy atom. The molecule has 0 bridgehead atoms. The number of carboxylic acid groups (broad SMARTS) is 1. The van der Waals surface area contributed by atoms with Crippen molar-refractivity contribution < 1.29 is 9.90 Å². The first-order chi connectivity index (χ1) is 7.99. The van der Waals surface area contributed by atoms with Crippen molar-refractivity contribution in [1.29, 1.82) is 0 Å². The van der Waals surface area contributed by atoms with Crippen LogP contribution in [-0.4, -0.2) is 21.8 Å². The lowest BCUT2D eigenvalue weighted by Crippen LogP contribution is -2.26. The largest absolute Gasteiger partial charge is 0.481 e. The van der Waals surface area contributed by atoms with E-state index in [1.165, 1.54) is 18.4 Å². The SMILES string of the molecule is CC(C)(CSc1cncc(C2CC2)c1)C(=O)O. The Morgan fingerprint density at radius 2 is 2.24 bits per heavy atom. The van der Waals surface area contributed by atoms with Crippen molar-refractivity contribution in [3.05, 3.63) is 24.0 Å². The maximum absolute atomic E-state index is 11.0. The molecule has 0 saturated heterocycles. The van der Waals surface area contributed by atoms with Crippen LogP contribution >= 0.6 is 11.8 Å². The van der Waals surface area contributed by atoms with E-state index in [-0.39, 0.29) is 0 Å². The first-order valence-corrected chi connectivity index (χ1v) is 6.79. The van der Waals surface area contributed by atoms with Crippen LogP contribution in [0.4, 0.5) is 0 Å². The van der Waals surface area contributed by atoms with Gasteiger partial charge in [0, 0.05) is 23.0 Å². The van der Waals surface area contributed by atoms with E-state index in [0.717, 1.165) is 4.90 Å². The molecule has 0 aromatic carbocycles. The highest BCUT2D eigenvalue weighted by atomic mass is 32.2. The Bertz CT molecular complexity index is 427. The lowest BCUT2D eigenvalue weighted by Gasteiger charge is -2.18. The number of carbonyl (C=O) groups is 1. The standard InChI is InChI=1S/C13H17NO2S/c1-13(2,12(15)16)8-17-11-5-10(6-14-7-11)9-3-4-9/h5-7,9H,3-4,8H2,1-2H3,(H,15,16). The normalized spacial score (nSPS) is 15.9. The van der Waals surface area contributed by atoms with E-state index in [1.54, 1.807) is 25.6 Å². The first-order valence-electron chi connectivity index (χ1n) is 5.80. The summed E-state index contributed by atoms with van der Waals surface area (Å²) in [7, 11) is 0. The summed E-state index contributed by atoms with van der Waals surface area (Å²) in [5.74, 6) is 0.504. The Morgan fingerprint density at radius 3 is 2.82 bits per heavy atom. The number of carboxylic acids is 1. The molecule has 0 aliphatic heterocycles. The molecule has 1 N–H and O–H groups in total. The molecule has 2 rings (SSSR count). The lowest BCUT2D eigenvalue weighted by atomic mass is 9.97. The average molecular weight is 251 g/mol. The summed E-state index contributed by atoms with van der Waals surface area (Å²) in [6, 6.07) is 2.15. The van der Waals surface area contributed by atoms with Gasteiger partial charge in [0.05, 0.1) is 5.41 Å². The van der Waals surface area contributed by atoms with Crippen LogP contribution in [0.3, 0.4) is 0 Å². The van der Waals surface area contributed by atoms with Gasteiger partial charge in [0.2, 0.25) is 0 Å². The molecular formula is C13H17NO2S. The fraction of sp³-hybridized carbons (Fsp3) is 0.538. The molecule has 1 aliphatic carbocycles. The number of thioether (sulfide) groups is 1. The summed E-state index contributed by atoms with van der Waals surface area (Å²) in [4.78, 5) is 16.3. The molecular weight excluding hydrogens is 234 g/mol. The average Bonchev–Trinajstić information content (AvgIpc) is 3.10. The summed E-state index contributed by atoms with van der Waals surface area (Å²) >= 11 is 1.57. The summed E-state index contributed by atoms with van der Waals surface area (Å²) in [6.07, 6.45) is 6.26. The van der Waals surface area contributed by atoms with Gasteiger partial charge in [0.1, 0.15) is 0 Å². The summed E-state index contributed by atoms with van der Waals surface area (Å²) in [5.41, 5.74) is 0.600. The van der Waals surface area contributed by atoms with Crippen molar-refractivity contribution in [1.82, 2.24) is 4.98 Å². The highest BCUT2D eigenvalue weighted by Gasteiger charge is 2.28. The quantitative estimate of drug-likeness (QED) is 0.817. The van der Waals surface area contributed by atoms with E-state index in [4.69, 9.17) is 5.11 Å². The van der Waals surface area contributed by atoms with Crippen LogP contribution in [0.1, 0.15) is 38.2 Å². The zero-order valence-corrected chi connectivity index (χ0v) is 11.0. The molecule has 17 heavy (non-hydrogen) atoms. The fourth-order valence-corrected chi connectivity index (χ4v) is 2.49. The second kappa shape index (κ2) is 4.69. The van der Waals surface area contributed by atoms with Gasteiger partial charge < -0.3 is 5.11 Å². The third-order valence-electron chi connectivity index (χ3n) is 2.96. The molecule has 1 aliphatic rings. The van der Waals surface area contributed by atoms with E-state index >= 15 is 0 Å². The van der Waals surface area contributed by atoms with E-state index in [1.807, 2.05) is 12.4 Å². The molecule has 4 heteroatoms. The third kappa shape index (κ3) is 3.22. The van der Waals surface area contributed by atoms with Crippen LogP contribution in [0.5, 0.6) is 0 Å². The Kier molecular flexibility index (Phi) is 3.43. The molecule has 1 saturated carbocycles. The molecule has 1 heterocycles. The second-order valence-electron chi connectivity index (χ2n) is 5.21. The number of pyridine rings is 1. The van der Waals surface area contributed by atoms with E-state index in [0.29, 0.717) is 11.7 Å². The van der Waals surface area contributed by atoms with Gasteiger partial charge in [0.25, 0.3) is 0 Å². The van der Waals surface area contributed by atoms with Gasteiger partial charge in [-0.2, -0.15) is 0 Å². The third-order valence-corrected chi connectivity index (χ3v) is 4.38. The minimum absolute atomic E-state index is 0.568. The molecule has 3 nitrogen and oxygen atoms in total. The summed E-state index contributed by atoms with van der Waals surface area (Å²) in [5, 5.41) is 9.04. The predicted octanol–water partition coefficient (Wildman–Crippen LogP) is 3.16. The van der Waals surface area contributed by atoms with Crippen molar-refractivity contribution in [2.45, 2.75) is 37.5 Å². The van der Waals surface area contributed by atoms with E-state index < -0.39 is 11.4 Å². The van der Waals surface area contributed by atoms with E-state index in [2.05, 4.69) is 11.1 Å². The highest BCUT2D eigenvalue weighted by Crippen LogP contribution is 2.40. The monoisotopic (exact) mass is 251 g/mol. The zero-order valence-electron chi connectivity index (χ0n) is 10.1. The summed E-state index contributed by atoms with van der Waals surface area (Å²) in [6.45, 7) is 3.50. The molecule has 1 aromatic heterocycles. The lowest BCUT2D eigenvalue weighted by molar-refractivity contribution is -0.145. The van der Waals surface area contributed by atoms with Crippen molar-refractivity contribution in [2.75, 3.05) is 5.75 Å². The number of aliphatic carboxylic acids is 1. The smallest absolute Gasteiger partial charge is 0.309 e. The van der Waals surface area contributed by atoms with Crippen molar-refractivity contribution in [3.8, 4) is 0 Å². The fourth-order valence-electron chi connectivity index (χ4n) is 1.48. The van der Waals surface area contributed by atoms with Crippen LogP contribution in [0.2, 0.25) is 0 Å². The minimum atomic E-state index is -0.753. The first kappa shape index (κ1) is 12.4. The molecule has 0 amide bonds. The minimum Gasteiger partial charge on any atom is -0.481 e. The van der Waals surface area contributed by atoms with Crippen molar-refractivity contribution in [2.24, 2.45) is 5.41 Å². The molecule has 0 atom stereocenters. The highest BCUT2D eigenvalue weighted by molar-refractivity contribution is 7.99. The Balaban J connectivity index is 1.99. The second-order valence-corrected chi connectivity index (χ2v) is 6.25. The van der Waals surface area contributed by atoms with Gasteiger partial charge in [-0.15, -0.1) is 11.8 Å². The van der Waals surface area contributed by atoms with Gasteiger partial charge >= 0.3 is 5.97 Å². The van der Waals surface area contributed by atoms with Gasteiger partial charge in [-0.05, 0) is 44.2 Å². The van der Waals surface area contributed by atoms with Crippen LogP contribution in [-0.2, 0) is 4.79 Å². The van der Waals surface area contributed by atoms with Gasteiger partial charge in [-0.1, -0.05) is 0 Å². The van der Waals surface area contributed by atoms with E-state index in [9.17, 15) is 4.79 Å². The van der Waals surface area contributed by atoms with Crippen molar-refractivity contribution in [3.63, 3.8) is 0 Å². The number of hydrogen-bond donors (Lipinski definition) is 1. The Labute approximate surface area is 106 Å². The molecule has 0 spiro atoms. The maximum atomic E-state index is 11.0. The molecule has 1 fully saturated rings. The topological polar surface area (TPSA) is 50.2 Å². The van der Waals surface area contributed by atoms with Gasteiger partial charge in [-0.3, -0.25) is 9.78 Å². The molecule has 1 aromatic rings. The van der Waals surface area contributed by atoms with Gasteiger partial charge in [-0.25, -0.2) is 0 Å². The van der Waals surface area contributed by atoms with Crippen LogP contribution < -0.4 is 0 Å². The van der Waals surface area contributed by atoms with Gasteiger partial charge in [0.15, 0.2) is 0 Å². The van der Waals surface area contributed by atoms with Crippen molar-refractivity contribution >= 4 is 17.7 Å². The number of nitrogens with zero attached hydrogens (tertiary/aromatic N) is 1.